The molecule has 1 aromatic rings. The predicted octanol–water partition coefficient (Wildman–Crippen LogP) is 3.09. The van der Waals surface area contributed by atoms with Gasteiger partial charge in [0.15, 0.2) is 0 Å². The highest BCUT2D eigenvalue weighted by Gasteiger charge is 2.23. The van der Waals surface area contributed by atoms with Gasteiger partial charge >= 0.3 is 0 Å². The lowest BCUT2D eigenvalue weighted by Gasteiger charge is -2.34. The van der Waals surface area contributed by atoms with Crippen molar-refractivity contribution in [2.24, 2.45) is 0 Å². The molecular weight excluding hydrogens is 264 g/mol. The zero-order valence-electron chi connectivity index (χ0n) is 14.2. The van der Waals surface area contributed by atoms with Gasteiger partial charge in [-0.05, 0) is 45.7 Å². The molecule has 1 N–H and O–H groups in total. The third-order valence-electron chi connectivity index (χ3n) is 4.03. The maximum Gasteiger partial charge on any atom is 0.120 e. The average Bonchev–Trinajstić information content (AvgIpc) is 2.76. The number of nitrogens with one attached hydrogen (secondary N) is 1. The van der Waals surface area contributed by atoms with Crippen LogP contribution in [0.3, 0.4) is 0 Å². The molecular formula is C17H30N2O2. The summed E-state index contributed by atoms with van der Waals surface area (Å²) in [5.41, 5.74) is 1.35. The van der Waals surface area contributed by atoms with Gasteiger partial charge in [0.25, 0.3) is 0 Å². The second-order valence-electron chi connectivity index (χ2n) is 7.03. The fourth-order valence-electron chi connectivity index (χ4n) is 2.66. The molecule has 120 valence electrons. The van der Waals surface area contributed by atoms with Gasteiger partial charge in [-0.2, -0.15) is 0 Å². The minimum Gasteiger partial charge on any atom is -0.463 e. The minimum absolute atomic E-state index is 0.108. The van der Waals surface area contributed by atoms with Crippen LogP contribution in [0.25, 0.3) is 0 Å². The molecule has 1 unspecified atom stereocenters. The van der Waals surface area contributed by atoms with Gasteiger partial charge < -0.3 is 14.5 Å². The average molecular weight is 294 g/mol. The van der Waals surface area contributed by atoms with Gasteiger partial charge in [-0.3, -0.25) is 4.90 Å². The Bertz CT molecular complexity index is 448. The number of aryl methyl sites for hydroxylation is 1. The zero-order chi connectivity index (χ0) is 15.5. The third kappa shape index (κ3) is 4.83. The summed E-state index contributed by atoms with van der Waals surface area (Å²) in [5, 5.41) is 3.49. The second-order valence-corrected chi connectivity index (χ2v) is 7.03. The number of morpholine rings is 1. The van der Waals surface area contributed by atoms with Crippen LogP contribution in [0.15, 0.2) is 10.5 Å². The monoisotopic (exact) mass is 294 g/mol. The van der Waals surface area contributed by atoms with Gasteiger partial charge in [-0.15, -0.1) is 0 Å². The fourth-order valence-corrected chi connectivity index (χ4v) is 2.66. The molecule has 2 rings (SSSR count). The van der Waals surface area contributed by atoms with Gasteiger partial charge in [0.05, 0.1) is 26.3 Å². The summed E-state index contributed by atoms with van der Waals surface area (Å²) in [6.07, 6.45) is 1.12. The van der Waals surface area contributed by atoms with Crippen LogP contribution < -0.4 is 5.32 Å². The lowest BCUT2D eigenvalue weighted by molar-refractivity contribution is -0.0155. The first-order valence-electron chi connectivity index (χ1n) is 8.04. The summed E-state index contributed by atoms with van der Waals surface area (Å²) >= 11 is 0. The standard InChI is InChI=1S/C17H30N2O2/c1-6-14-12-20-8-7-19(14)11-15-9-13(2)16(21-15)10-18-17(3,4)5/h9,14,18H,6-8,10-12H2,1-5H3. The molecule has 1 aliphatic heterocycles. The van der Waals surface area contributed by atoms with E-state index in [0.29, 0.717) is 6.04 Å². The fraction of sp³-hybridized carbons (Fsp3) is 0.765. The molecule has 4 nitrogen and oxygen atoms in total. The molecule has 0 bridgehead atoms. The summed E-state index contributed by atoms with van der Waals surface area (Å²) < 4.78 is 11.6. The van der Waals surface area contributed by atoms with E-state index >= 15 is 0 Å². The Kier molecular flexibility index (Phi) is 5.47. The van der Waals surface area contributed by atoms with Gasteiger partial charge in [0.2, 0.25) is 0 Å². The van der Waals surface area contributed by atoms with Crippen molar-refractivity contribution < 1.29 is 9.15 Å². The number of ether oxygens (including phenoxy) is 1. The molecule has 1 atom stereocenters. The molecule has 0 saturated carbocycles. The SMILES string of the molecule is CCC1COCCN1Cc1cc(C)c(CNC(C)(C)C)o1. The van der Waals surface area contributed by atoms with E-state index in [9.17, 15) is 0 Å². The third-order valence-corrected chi connectivity index (χ3v) is 4.03. The highest BCUT2D eigenvalue weighted by molar-refractivity contribution is 5.20. The van der Waals surface area contributed by atoms with Crippen LogP contribution in [0.1, 0.15) is 51.2 Å². The quantitative estimate of drug-likeness (QED) is 0.905. The van der Waals surface area contributed by atoms with Crippen LogP contribution in [0, 0.1) is 6.92 Å². The minimum atomic E-state index is 0.108. The van der Waals surface area contributed by atoms with E-state index in [1.165, 1.54) is 5.56 Å². The Balaban J connectivity index is 1.97. The number of nitrogens with zero attached hydrogens (tertiary/aromatic N) is 1. The van der Waals surface area contributed by atoms with Crippen LogP contribution in [-0.4, -0.2) is 36.2 Å². The van der Waals surface area contributed by atoms with Crippen molar-refractivity contribution in [1.82, 2.24) is 10.2 Å². The summed E-state index contributed by atoms with van der Waals surface area (Å²) in [7, 11) is 0. The highest BCUT2D eigenvalue weighted by Crippen LogP contribution is 2.20. The van der Waals surface area contributed by atoms with Crippen LogP contribution in [0.2, 0.25) is 0 Å². The molecule has 1 fully saturated rings. The van der Waals surface area contributed by atoms with Crippen molar-refractivity contribution in [2.75, 3.05) is 19.8 Å². The molecule has 1 aliphatic rings. The Hall–Kier alpha value is -0.840. The first-order valence-corrected chi connectivity index (χ1v) is 8.04. The number of rotatable bonds is 5. The van der Waals surface area contributed by atoms with Gasteiger partial charge in [-0.1, -0.05) is 6.92 Å². The van der Waals surface area contributed by atoms with E-state index in [4.69, 9.17) is 9.15 Å². The Morgan fingerprint density at radius 2 is 2.14 bits per heavy atom. The summed E-state index contributed by atoms with van der Waals surface area (Å²) in [6, 6.07) is 2.70. The van der Waals surface area contributed by atoms with E-state index in [1.54, 1.807) is 0 Å². The first-order chi connectivity index (χ1) is 9.89. The second kappa shape index (κ2) is 6.95. The van der Waals surface area contributed by atoms with Crippen molar-refractivity contribution >= 4 is 0 Å². The molecule has 0 aromatic carbocycles. The summed E-state index contributed by atoms with van der Waals surface area (Å²) in [4.78, 5) is 2.47. The number of furan rings is 1. The summed E-state index contributed by atoms with van der Waals surface area (Å²) in [5.74, 6) is 2.12. The lowest BCUT2D eigenvalue weighted by Crippen LogP contribution is -2.44. The van der Waals surface area contributed by atoms with Crippen molar-refractivity contribution in [3.63, 3.8) is 0 Å². The number of hydrogen-bond acceptors (Lipinski definition) is 4. The van der Waals surface area contributed by atoms with Crippen LogP contribution in [0.5, 0.6) is 0 Å². The molecule has 0 amide bonds. The normalized spacial score (nSPS) is 20.9. The molecule has 1 saturated heterocycles. The lowest BCUT2D eigenvalue weighted by atomic mass is 10.1. The molecule has 4 heteroatoms. The van der Waals surface area contributed by atoms with Crippen molar-refractivity contribution in [3.8, 4) is 0 Å². The van der Waals surface area contributed by atoms with E-state index in [-0.39, 0.29) is 5.54 Å². The molecule has 0 spiro atoms. The summed E-state index contributed by atoms with van der Waals surface area (Å²) in [6.45, 7) is 15.2. The zero-order valence-corrected chi connectivity index (χ0v) is 14.2. The van der Waals surface area contributed by atoms with E-state index < -0.39 is 0 Å². The van der Waals surface area contributed by atoms with Crippen LogP contribution >= 0.6 is 0 Å². The smallest absolute Gasteiger partial charge is 0.120 e. The van der Waals surface area contributed by atoms with Crippen molar-refractivity contribution in [1.29, 1.82) is 0 Å². The van der Waals surface area contributed by atoms with Crippen LogP contribution in [-0.2, 0) is 17.8 Å². The Labute approximate surface area is 128 Å². The van der Waals surface area contributed by atoms with Gasteiger partial charge in [0.1, 0.15) is 11.5 Å². The van der Waals surface area contributed by atoms with Crippen molar-refractivity contribution in [2.45, 2.75) is 65.7 Å². The first kappa shape index (κ1) is 16.5. The maximum absolute atomic E-state index is 6.06. The van der Waals surface area contributed by atoms with E-state index in [1.807, 2.05) is 0 Å². The van der Waals surface area contributed by atoms with Gasteiger partial charge in [0, 0.05) is 18.1 Å². The van der Waals surface area contributed by atoms with E-state index in [0.717, 1.165) is 50.8 Å². The molecule has 0 aliphatic carbocycles. The van der Waals surface area contributed by atoms with Crippen molar-refractivity contribution in [3.05, 3.63) is 23.2 Å². The molecule has 1 aromatic heterocycles. The Morgan fingerprint density at radius 1 is 1.38 bits per heavy atom. The molecule has 2 heterocycles. The van der Waals surface area contributed by atoms with E-state index in [2.05, 4.69) is 50.9 Å². The maximum atomic E-state index is 6.06. The van der Waals surface area contributed by atoms with Gasteiger partial charge in [-0.25, -0.2) is 0 Å². The largest absolute Gasteiger partial charge is 0.463 e. The van der Waals surface area contributed by atoms with Crippen LogP contribution in [0.4, 0.5) is 0 Å². The molecule has 0 radical (unpaired) electrons. The molecule has 21 heavy (non-hydrogen) atoms. The highest BCUT2D eigenvalue weighted by atomic mass is 16.5. The Morgan fingerprint density at radius 3 is 2.81 bits per heavy atom. The predicted molar refractivity (Wildman–Crippen MR) is 85.3 cm³/mol. The number of hydrogen-bond donors (Lipinski definition) is 1. The topological polar surface area (TPSA) is 37.6 Å².